The van der Waals surface area contributed by atoms with Gasteiger partial charge in [-0.1, -0.05) is 30.8 Å². The summed E-state index contributed by atoms with van der Waals surface area (Å²) in [6.45, 7) is 14.6. The van der Waals surface area contributed by atoms with E-state index in [1.165, 1.54) is 6.92 Å². The van der Waals surface area contributed by atoms with Gasteiger partial charge in [0, 0.05) is 37.8 Å². The average molecular weight is 449 g/mol. The Morgan fingerprint density at radius 1 is 1.37 bits per heavy atom. The van der Waals surface area contributed by atoms with Crippen molar-refractivity contribution in [2.24, 2.45) is 0 Å². The van der Waals surface area contributed by atoms with E-state index in [0.717, 1.165) is 41.2 Å². The molecule has 1 aromatic heterocycles. The maximum absolute atomic E-state index is 11.4. The van der Waals surface area contributed by atoms with Crippen molar-refractivity contribution in [3.05, 3.63) is 58.8 Å². The molecule has 1 aliphatic rings. The van der Waals surface area contributed by atoms with Gasteiger partial charge < -0.3 is 15.0 Å². The zero-order chi connectivity index (χ0) is 22.1. The standard InChI is InChI=1S/C22H30ClN4O2P/c1-5-19(30)13-20(23)16(3)18(7-8-24-17(4)28)15-27-21(6-2)25-14-22(27)26-9-11-29-12-10-26/h5-6,13-15H,1-2,7-12,30H2,3-4H3,(H,24,28)/b18-15+,19-13+,20-16-. The van der Waals surface area contributed by atoms with Gasteiger partial charge in [0.1, 0.15) is 11.6 Å². The number of morpholine rings is 1. The highest BCUT2D eigenvalue weighted by Crippen LogP contribution is 2.27. The highest BCUT2D eigenvalue weighted by atomic mass is 35.5. The van der Waals surface area contributed by atoms with Crippen molar-refractivity contribution >= 4 is 44.8 Å². The van der Waals surface area contributed by atoms with E-state index >= 15 is 0 Å². The molecule has 0 aromatic carbocycles. The quantitative estimate of drug-likeness (QED) is 0.454. The molecular weight excluding hydrogens is 419 g/mol. The van der Waals surface area contributed by atoms with Gasteiger partial charge in [0.25, 0.3) is 0 Å². The first-order valence-electron chi connectivity index (χ1n) is 9.81. The van der Waals surface area contributed by atoms with Gasteiger partial charge in [-0.3, -0.25) is 9.36 Å². The smallest absolute Gasteiger partial charge is 0.216 e. The molecule has 1 aromatic rings. The van der Waals surface area contributed by atoms with Crippen LogP contribution in [-0.4, -0.2) is 48.3 Å². The Hall–Kier alpha value is -2.14. The van der Waals surface area contributed by atoms with E-state index in [-0.39, 0.29) is 5.91 Å². The van der Waals surface area contributed by atoms with Gasteiger partial charge in [-0.05, 0) is 42.0 Å². The fourth-order valence-corrected chi connectivity index (χ4v) is 3.54. The van der Waals surface area contributed by atoms with E-state index in [9.17, 15) is 4.79 Å². The third kappa shape index (κ3) is 6.69. The van der Waals surface area contributed by atoms with Gasteiger partial charge in [0.15, 0.2) is 0 Å². The molecule has 0 bridgehead atoms. The Morgan fingerprint density at radius 3 is 2.67 bits per heavy atom. The summed E-state index contributed by atoms with van der Waals surface area (Å²) in [7, 11) is 2.60. The molecule has 30 heavy (non-hydrogen) atoms. The molecule has 0 spiro atoms. The molecule has 0 radical (unpaired) electrons. The first-order chi connectivity index (χ1) is 14.4. The fourth-order valence-electron chi connectivity index (χ4n) is 3.02. The Balaban J connectivity index is 2.50. The number of aromatic nitrogens is 2. The second kappa shape index (κ2) is 11.9. The molecule has 2 heterocycles. The molecule has 1 unspecified atom stereocenters. The largest absolute Gasteiger partial charge is 0.378 e. The molecule has 0 aliphatic carbocycles. The van der Waals surface area contributed by atoms with Crippen molar-refractivity contribution in [1.82, 2.24) is 14.9 Å². The van der Waals surface area contributed by atoms with Gasteiger partial charge >= 0.3 is 0 Å². The van der Waals surface area contributed by atoms with E-state index in [4.69, 9.17) is 16.3 Å². The number of carbonyl (C=O) groups excluding carboxylic acids is 1. The Morgan fingerprint density at radius 2 is 2.07 bits per heavy atom. The molecule has 1 amide bonds. The Labute approximate surface area is 186 Å². The van der Waals surface area contributed by atoms with Crippen LogP contribution in [0.2, 0.25) is 0 Å². The first kappa shape index (κ1) is 24.1. The topological polar surface area (TPSA) is 59.4 Å². The number of nitrogens with zero attached hydrogens (tertiary/aromatic N) is 3. The van der Waals surface area contributed by atoms with Crippen molar-refractivity contribution in [1.29, 1.82) is 0 Å². The maximum Gasteiger partial charge on any atom is 0.216 e. The summed E-state index contributed by atoms with van der Waals surface area (Å²) in [6.07, 6.45) is 9.80. The number of anilines is 1. The Bertz CT molecular complexity index is 880. The average Bonchev–Trinajstić information content (AvgIpc) is 3.15. The first-order valence-corrected chi connectivity index (χ1v) is 10.8. The highest BCUT2D eigenvalue weighted by Gasteiger charge is 2.17. The van der Waals surface area contributed by atoms with Gasteiger partial charge in [-0.25, -0.2) is 4.98 Å². The summed E-state index contributed by atoms with van der Waals surface area (Å²) in [5.74, 6) is 1.65. The number of nitrogens with one attached hydrogen (secondary N) is 1. The van der Waals surface area contributed by atoms with Gasteiger partial charge in [-0.2, -0.15) is 0 Å². The minimum Gasteiger partial charge on any atom is -0.378 e. The lowest BCUT2D eigenvalue weighted by Crippen LogP contribution is -2.37. The number of amides is 1. The molecule has 1 saturated heterocycles. The molecule has 1 N–H and O–H groups in total. The number of hydrogen-bond acceptors (Lipinski definition) is 4. The van der Waals surface area contributed by atoms with E-state index in [2.05, 4.69) is 37.6 Å². The third-order valence-corrected chi connectivity index (χ3v) is 5.54. The molecule has 162 valence electrons. The number of hydrogen-bond donors (Lipinski definition) is 1. The van der Waals surface area contributed by atoms with E-state index in [0.29, 0.717) is 31.2 Å². The van der Waals surface area contributed by atoms with Gasteiger partial charge in [-0.15, -0.1) is 9.24 Å². The number of allylic oxidation sites excluding steroid dienone is 5. The lowest BCUT2D eigenvalue weighted by molar-refractivity contribution is -0.118. The lowest BCUT2D eigenvalue weighted by atomic mass is 10.0. The summed E-state index contributed by atoms with van der Waals surface area (Å²) >= 11 is 6.59. The minimum absolute atomic E-state index is 0.0655. The second-order valence-electron chi connectivity index (χ2n) is 6.86. The molecule has 2 rings (SSSR count). The normalized spacial score (nSPS) is 16.2. The van der Waals surface area contributed by atoms with Crippen LogP contribution in [0.5, 0.6) is 0 Å². The Kier molecular flexibility index (Phi) is 9.57. The minimum atomic E-state index is -0.0655. The second-order valence-corrected chi connectivity index (χ2v) is 7.93. The fraction of sp³-hybridized carbons (Fsp3) is 0.364. The molecule has 6 nitrogen and oxygen atoms in total. The van der Waals surface area contributed by atoms with Crippen LogP contribution in [0, 0.1) is 0 Å². The molecule has 1 fully saturated rings. The zero-order valence-electron chi connectivity index (χ0n) is 17.7. The molecule has 8 heteroatoms. The molecule has 1 aliphatic heterocycles. The predicted molar refractivity (Wildman–Crippen MR) is 129 cm³/mol. The molecule has 1 atom stereocenters. The summed E-state index contributed by atoms with van der Waals surface area (Å²) in [6, 6.07) is 0. The van der Waals surface area contributed by atoms with Gasteiger partial charge in [0.2, 0.25) is 5.91 Å². The van der Waals surface area contributed by atoms with Crippen LogP contribution in [0.3, 0.4) is 0 Å². The number of imidazole rings is 1. The summed E-state index contributed by atoms with van der Waals surface area (Å²) < 4.78 is 7.50. The number of carbonyl (C=O) groups is 1. The number of halogens is 1. The van der Waals surface area contributed by atoms with Crippen LogP contribution in [0.25, 0.3) is 12.3 Å². The van der Waals surface area contributed by atoms with Crippen molar-refractivity contribution in [2.45, 2.75) is 20.3 Å². The molecule has 0 saturated carbocycles. The summed E-state index contributed by atoms with van der Waals surface area (Å²) in [4.78, 5) is 18.1. The molecular formula is C22H30ClN4O2P. The van der Waals surface area contributed by atoms with Crippen molar-refractivity contribution in [2.75, 3.05) is 37.7 Å². The van der Waals surface area contributed by atoms with E-state index in [1.54, 1.807) is 12.2 Å². The maximum atomic E-state index is 11.4. The van der Waals surface area contributed by atoms with Crippen LogP contribution in [0.1, 0.15) is 26.1 Å². The zero-order valence-corrected chi connectivity index (χ0v) is 19.6. The van der Waals surface area contributed by atoms with Crippen LogP contribution >= 0.6 is 20.8 Å². The van der Waals surface area contributed by atoms with Crippen LogP contribution in [0.4, 0.5) is 5.82 Å². The van der Waals surface area contributed by atoms with Crippen LogP contribution in [0.15, 0.2) is 53.0 Å². The SMILES string of the molecule is C=C\C(P)=C/C(Cl)=C(C)/C(=C/n1c(N2CCOCC2)cnc1C=C)CCNC(C)=O. The number of rotatable bonds is 9. The van der Waals surface area contributed by atoms with Crippen LogP contribution < -0.4 is 10.2 Å². The third-order valence-electron chi connectivity index (χ3n) is 4.75. The predicted octanol–water partition coefficient (Wildman–Crippen LogP) is 4.19. The van der Waals surface area contributed by atoms with Crippen molar-refractivity contribution in [3.8, 4) is 0 Å². The van der Waals surface area contributed by atoms with E-state index < -0.39 is 0 Å². The highest BCUT2D eigenvalue weighted by molar-refractivity contribution is 7.23. The van der Waals surface area contributed by atoms with Crippen molar-refractivity contribution in [3.63, 3.8) is 0 Å². The van der Waals surface area contributed by atoms with Crippen molar-refractivity contribution < 1.29 is 9.53 Å². The van der Waals surface area contributed by atoms with Gasteiger partial charge in [0.05, 0.1) is 19.4 Å². The summed E-state index contributed by atoms with van der Waals surface area (Å²) in [5, 5.41) is 4.36. The summed E-state index contributed by atoms with van der Waals surface area (Å²) in [5.41, 5.74) is 1.91. The van der Waals surface area contributed by atoms with Crippen LogP contribution in [-0.2, 0) is 9.53 Å². The number of ether oxygens (including phenoxy) is 1. The van der Waals surface area contributed by atoms with E-state index in [1.807, 2.05) is 30.0 Å². The monoisotopic (exact) mass is 448 g/mol. The lowest BCUT2D eigenvalue weighted by Gasteiger charge is -2.29.